The van der Waals surface area contributed by atoms with Gasteiger partial charge in [-0.1, -0.05) is 6.92 Å². The first-order valence-corrected chi connectivity index (χ1v) is 11.4. The van der Waals surface area contributed by atoms with E-state index in [1.165, 1.54) is 0 Å². The minimum atomic E-state index is -3.54. The highest BCUT2D eigenvalue weighted by atomic mass is 32.2. The van der Waals surface area contributed by atoms with E-state index in [4.69, 9.17) is 0 Å². The standard InChI is InChI=1S/C20H28N4O3S/c1-15-5-7-24(8-6-15)28(26,27)16-3-4-19-17(13-16)18(14-21-19)20(25)23-11-9-22(2)10-12-23/h3-4,13-15,21H,5-12H2,1-2H3. The summed E-state index contributed by atoms with van der Waals surface area (Å²) in [4.78, 5) is 20.4. The second-order valence-corrected chi connectivity index (χ2v) is 10.0. The number of sulfonamides is 1. The Bertz CT molecular complexity index is 968. The Morgan fingerprint density at radius 3 is 2.43 bits per heavy atom. The summed E-state index contributed by atoms with van der Waals surface area (Å²) in [7, 11) is -1.49. The Morgan fingerprint density at radius 1 is 1.07 bits per heavy atom. The molecule has 0 spiro atoms. The van der Waals surface area contributed by atoms with Crippen molar-refractivity contribution in [3.05, 3.63) is 30.0 Å². The molecular weight excluding hydrogens is 376 g/mol. The monoisotopic (exact) mass is 404 g/mol. The minimum absolute atomic E-state index is 0.0410. The van der Waals surface area contributed by atoms with Crippen LogP contribution < -0.4 is 0 Å². The molecule has 1 aromatic carbocycles. The van der Waals surface area contributed by atoms with E-state index in [1.54, 1.807) is 28.7 Å². The van der Waals surface area contributed by atoms with E-state index in [0.29, 0.717) is 43.0 Å². The maximum absolute atomic E-state index is 13.1. The molecule has 0 bridgehead atoms. The number of carbonyl (C=O) groups is 1. The van der Waals surface area contributed by atoms with Crippen LogP contribution in [0.1, 0.15) is 30.1 Å². The van der Waals surface area contributed by atoms with Gasteiger partial charge in [-0.3, -0.25) is 4.79 Å². The van der Waals surface area contributed by atoms with E-state index in [0.717, 1.165) is 31.4 Å². The molecular formula is C20H28N4O3S. The zero-order valence-corrected chi connectivity index (χ0v) is 17.3. The number of benzene rings is 1. The molecule has 2 aromatic rings. The average Bonchev–Trinajstić information content (AvgIpc) is 3.11. The van der Waals surface area contributed by atoms with E-state index in [-0.39, 0.29) is 10.8 Å². The van der Waals surface area contributed by atoms with Crippen LogP contribution in [-0.4, -0.2) is 79.7 Å². The van der Waals surface area contributed by atoms with Gasteiger partial charge in [-0.2, -0.15) is 4.31 Å². The fourth-order valence-corrected chi connectivity index (χ4v) is 5.49. The van der Waals surface area contributed by atoms with Crippen molar-refractivity contribution in [1.82, 2.24) is 19.1 Å². The minimum Gasteiger partial charge on any atom is -0.360 e. The second-order valence-electron chi connectivity index (χ2n) is 8.09. The SMILES string of the molecule is CC1CCN(S(=O)(=O)c2ccc3[nH]cc(C(=O)N4CCN(C)CC4)c3c2)CC1. The Balaban J connectivity index is 1.64. The molecule has 2 aliphatic heterocycles. The number of piperazine rings is 1. The number of nitrogens with zero attached hydrogens (tertiary/aromatic N) is 3. The summed E-state index contributed by atoms with van der Waals surface area (Å²) in [5.41, 5.74) is 1.33. The highest BCUT2D eigenvalue weighted by molar-refractivity contribution is 7.89. The number of fused-ring (bicyclic) bond motifs is 1. The van der Waals surface area contributed by atoms with E-state index >= 15 is 0 Å². The van der Waals surface area contributed by atoms with Crippen LogP contribution in [0.4, 0.5) is 0 Å². The van der Waals surface area contributed by atoms with Crippen molar-refractivity contribution in [3.63, 3.8) is 0 Å². The molecule has 28 heavy (non-hydrogen) atoms. The first kappa shape index (κ1) is 19.4. The van der Waals surface area contributed by atoms with E-state index in [2.05, 4.69) is 16.8 Å². The summed E-state index contributed by atoms with van der Waals surface area (Å²) in [6.07, 6.45) is 3.47. The predicted octanol–water partition coefficient (Wildman–Crippen LogP) is 1.98. The number of carbonyl (C=O) groups excluding carboxylic acids is 1. The molecule has 0 saturated carbocycles. The molecule has 4 rings (SSSR count). The van der Waals surface area contributed by atoms with Gasteiger partial charge in [0.1, 0.15) is 0 Å². The van der Waals surface area contributed by atoms with Crippen LogP contribution in [0.25, 0.3) is 10.9 Å². The number of hydrogen-bond donors (Lipinski definition) is 1. The molecule has 2 saturated heterocycles. The third kappa shape index (κ3) is 3.56. The van der Waals surface area contributed by atoms with Gasteiger partial charge in [-0.25, -0.2) is 8.42 Å². The summed E-state index contributed by atoms with van der Waals surface area (Å²) >= 11 is 0. The van der Waals surface area contributed by atoms with Gasteiger partial charge in [-0.05, 0) is 44.0 Å². The van der Waals surface area contributed by atoms with Crippen LogP contribution in [0.15, 0.2) is 29.3 Å². The zero-order valence-electron chi connectivity index (χ0n) is 16.5. The smallest absolute Gasteiger partial charge is 0.256 e. The molecule has 8 heteroatoms. The van der Waals surface area contributed by atoms with Crippen molar-refractivity contribution < 1.29 is 13.2 Å². The van der Waals surface area contributed by atoms with E-state index in [1.807, 2.05) is 11.9 Å². The first-order valence-electron chi connectivity index (χ1n) is 9.95. The summed E-state index contributed by atoms with van der Waals surface area (Å²) in [5.74, 6) is 0.520. The summed E-state index contributed by atoms with van der Waals surface area (Å²) in [6.45, 7) is 6.34. The van der Waals surface area contributed by atoms with Crippen LogP contribution in [0.5, 0.6) is 0 Å². The van der Waals surface area contributed by atoms with Crippen molar-refractivity contribution >= 4 is 26.8 Å². The highest BCUT2D eigenvalue weighted by Crippen LogP contribution is 2.28. The molecule has 7 nitrogen and oxygen atoms in total. The van der Waals surface area contributed by atoms with Gasteiger partial charge in [0.25, 0.3) is 5.91 Å². The second kappa shape index (κ2) is 7.50. The van der Waals surface area contributed by atoms with Crippen molar-refractivity contribution in [3.8, 4) is 0 Å². The van der Waals surface area contributed by atoms with Crippen LogP contribution in [-0.2, 0) is 10.0 Å². The van der Waals surface area contributed by atoms with Gasteiger partial charge < -0.3 is 14.8 Å². The van der Waals surface area contributed by atoms with Gasteiger partial charge in [0.05, 0.1) is 10.5 Å². The molecule has 0 radical (unpaired) electrons. The summed E-state index contributed by atoms with van der Waals surface area (Å²) in [5, 5.41) is 0.676. The van der Waals surface area contributed by atoms with Gasteiger partial charge in [0, 0.05) is 56.4 Å². The van der Waals surface area contributed by atoms with Crippen LogP contribution in [0, 0.1) is 5.92 Å². The number of rotatable bonds is 3. The maximum atomic E-state index is 13.1. The average molecular weight is 405 g/mol. The molecule has 1 aromatic heterocycles. The Labute approximate surface area is 166 Å². The number of H-pyrrole nitrogens is 1. The third-order valence-corrected chi connectivity index (χ3v) is 7.95. The number of amides is 1. The lowest BCUT2D eigenvalue weighted by atomic mass is 10.0. The number of aromatic amines is 1. The quantitative estimate of drug-likeness (QED) is 0.849. The summed E-state index contributed by atoms with van der Waals surface area (Å²) in [6, 6.07) is 5.05. The molecule has 0 atom stereocenters. The molecule has 152 valence electrons. The lowest BCUT2D eigenvalue weighted by Crippen LogP contribution is -2.47. The van der Waals surface area contributed by atoms with Gasteiger partial charge in [0.15, 0.2) is 0 Å². The molecule has 0 aliphatic carbocycles. The van der Waals surface area contributed by atoms with Crippen LogP contribution in [0.3, 0.4) is 0 Å². The van der Waals surface area contributed by atoms with Crippen molar-refractivity contribution in [2.45, 2.75) is 24.7 Å². The van der Waals surface area contributed by atoms with Gasteiger partial charge in [-0.15, -0.1) is 0 Å². The number of aromatic nitrogens is 1. The van der Waals surface area contributed by atoms with E-state index < -0.39 is 10.0 Å². The number of likely N-dealkylation sites (N-methyl/N-ethyl adjacent to an activating group) is 1. The molecule has 1 amide bonds. The lowest BCUT2D eigenvalue weighted by Gasteiger charge is -2.32. The number of piperidine rings is 1. The molecule has 2 fully saturated rings. The van der Waals surface area contributed by atoms with Gasteiger partial charge in [0.2, 0.25) is 10.0 Å². The fourth-order valence-electron chi connectivity index (χ4n) is 3.99. The number of hydrogen-bond acceptors (Lipinski definition) is 4. The first-order chi connectivity index (χ1) is 13.4. The molecule has 0 unspecified atom stereocenters. The van der Waals surface area contributed by atoms with Crippen LogP contribution in [0.2, 0.25) is 0 Å². The van der Waals surface area contributed by atoms with Crippen LogP contribution >= 0.6 is 0 Å². The van der Waals surface area contributed by atoms with Gasteiger partial charge >= 0.3 is 0 Å². The molecule has 3 heterocycles. The highest BCUT2D eigenvalue weighted by Gasteiger charge is 2.29. The Hall–Kier alpha value is -1.90. The lowest BCUT2D eigenvalue weighted by molar-refractivity contribution is 0.0666. The summed E-state index contributed by atoms with van der Waals surface area (Å²) < 4.78 is 27.8. The van der Waals surface area contributed by atoms with Crippen molar-refractivity contribution in [1.29, 1.82) is 0 Å². The van der Waals surface area contributed by atoms with Crippen molar-refractivity contribution in [2.24, 2.45) is 5.92 Å². The fraction of sp³-hybridized carbons (Fsp3) is 0.550. The molecule has 2 aliphatic rings. The largest absolute Gasteiger partial charge is 0.360 e. The zero-order chi connectivity index (χ0) is 19.9. The normalized spacial score (nSPS) is 20.7. The number of nitrogens with one attached hydrogen (secondary N) is 1. The Morgan fingerprint density at radius 2 is 1.75 bits per heavy atom. The topological polar surface area (TPSA) is 76.7 Å². The van der Waals surface area contributed by atoms with E-state index in [9.17, 15) is 13.2 Å². The Kier molecular flexibility index (Phi) is 5.20. The van der Waals surface area contributed by atoms with Crippen molar-refractivity contribution in [2.75, 3.05) is 46.3 Å². The molecule has 1 N–H and O–H groups in total. The maximum Gasteiger partial charge on any atom is 0.256 e. The third-order valence-electron chi connectivity index (χ3n) is 6.05. The predicted molar refractivity (Wildman–Crippen MR) is 109 cm³/mol.